The molecule has 1 aromatic rings. The molecule has 0 bridgehead atoms. The third-order valence-corrected chi connectivity index (χ3v) is 6.36. The molecule has 5 heteroatoms. The lowest BCUT2D eigenvalue weighted by atomic mass is 9.61. The largest absolute Gasteiger partial charge is 0.362 e. The molecule has 1 amide bonds. The van der Waals surface area contributed by atoms with Gasteiger partial charge in [0.15, 0.2) is 6.17 Å². The van der Waals surface area contributed by atoms with Crippen LogP contribution >= 0.6 is 0 Å². The van der Waals surface area contributed by atoms with Gasteiger partial charge < -0.3 is 10.6 Å². The van der Waals surface area contributed by atoms with Crippen LogP contribution in [0, 0.1) is 0 Å². The predicted octanol–water partition coefficient (Wildman–Crippen LogP) is 4.68. The van der Waals surface area contributed by atoms with Crippen molar-refractivity contribution in [1.29, 1.82) is 0 Å². The molecule has 4 rings (SSSR count). The van der Waals surface area contributed by atoms with E-state index >= 15 is 0 Å². The van der Waals surface area contributed by atoms with Gasteiger partial charge in [-0.15, -0.1) is 0 Å². The number of carbonyl (C=O) groups excluding carboxylic acids is 1. The molecule has 148 valence electrons. The summed E-state index contributed by atoms with van der Waals surface area (Å²) < 4.78 is 0. The number of nitrogens with zero attached hydrogens (tertiary/aromatic N) is 2. The van der Waals surface area contributed by atoms with Crippen molar-refractivity contribution in [2.24, 2.45) is 10.2 Å². The quantitative estimate of drug-likeness (QED) is 0.802. The third kappa shape index (κ3) is 2.63. The normalized spacial score (nSPS) is 28.2. The van der Waals surface area contributed by atoms with Crippen LogP contribution in [0.15, 0.2) is 57.0 Å². The Morgan fingerprint density at radius 1 is 1.29 bits per heavy atom. The van der Waals surface area contributed by atoms with Crippen LogP contribution in [0.1, 0.15) is 71.4 Å². The molecule has 0 saturated carbocycles. The monoisotopic (exact) mass is 378 g/mol. The molecule has 0 spiro atoms. The molecule has 1 aromatic carbocycles. The molecular weight excluding hydrogens is 348 g/mol. The topological polar surface area (TPSA) is 65.8 Å². The molecule has 0 aliphatic carbocycles. The van der Waals surface area contributed by atoms with E-state index in [9.17, 15) is 4.79 Å². The van der Waals surface area contributed by atoms with Crippen LogP contribution in [0.2, 0.25) is 0 Å². The van der Waals surface area contributed by atoms with Crippen molar-refractivity contribution in [3.63, 3.8) is 0 Å². The molecule has 3 aliphatic rings. The number of carbonyl (C=O) groups is 1. The summed E-state index contributed by atoms with van der Waals surface area (Å²) in [7, 11) is 0. The van der Waals surface area contributed by atoms with Crippen LogP contribution < -0.4 is 10.6 Å². The lowest BCUT2D eigenvalue weighted by molar-refractivity contribution is -0.120. The Bertz CT molecular complexity index is 938. The fourth-order valence-electron chi connectivity index (χ4n) is 5.09. The van der Waals surface area contributed by atoms with Crippen LogP contribution in [0.3, 0.4) is 0 Å². The van der Waals surface area contributed by atoms with E-state index in [1.165, 1.54) is 5.56 Å². The summed E-state index contributed by atoms with van der Waals surface area (Å²) in [4.78, 5) is 13.4. The van der Waals surface area contributed by atoms with Crippen LogP contribution in [0.5, 0.6) is 0 Å². The Morgan fingerprint density at radius 2 is 2.04 bits per heavy atom. The second-order valence-electron chi connectivity index (χ2n) is 9.17. The molecule has 1 unspecified atom stereocenters. The zero-order valence-corrected chi connectivity index (χ0v) is 17.7. The number of azo groups is 1. The summed E-state index contributed by atoms with van der Waals surface area (Å²) in [6, 6.07) is 8.71. The minimum atomic E-state index is -0.510. The molecule has 2 atom stereocenters. The second-order valence-corrected chi connectivity index (χ2v) is 9.17. The van der Waals surface area contributed by atoms with Crippen molar-refractivity contribution in [3.05, 3.63) is 57.9 Å². The SMILES string of the molecule is CC[C@@]1(c2cccc(C(C)C)c2)C2=C(CC(C)(C)NC2=O)NC2N=NC(C)=C21. The van der Waals surface area contributed by atoms with E-state index in [1.807, 2.05) is 6.92 Å². The molecule has 5 nitrogen and oxygen atoms in total. The predicted molar refractivity (Wildman–Crippen MR) is 111 cm³/mol. The zero-order valence-electron chi connectivity index (χ0n) is 17.7. The van der Waals surface area contributed by atoms with Gasteiger partial charge in [-0.25, -0.2) is 0 Å². The number of fused-ring (bicyclic) bond motifs is 1. The molecule has 3 heterocycles. The van der Waals surface area contributed by atoms with Gasteiger partial charge in [0.25, 0.3) is 5.91 Å². The first kappa shape index (κ1) is 18.9. The molecule has 0 radical (unpaired) electrons. The minimum absolute atomic E-state index is 0.0150. The van der Waals surface area contributed by atoms with E-state index < -0.39 is 5.41 Å². The number of hydrogen-bond donors (Lipinski definition) is 2. The summed E-state index contributed by atoms with van der Waals surface area (Å²) in [5.41, 5.74) is 5.53. The molecule has 2 N–H and O–H groups in total. The highest BCUT2D eigenvalue weighted by molar-refractivity contribution is 6.00. The zero-order chi connectivity index (χ0) is 20.3. The van der Waals surface area contributed by atoms with Crippen molar-refractivity contribution < 1.29 is 4.79 Å². The van der Waals surface area contributed by atoms with E-state index in [0.29, 0.717) is 5.92 Å². The van der Waals surface area contributed by atoms with E-state index in [4.69, 9.17) is 0 Å². The van der Waals surface area contributed by atoms with E-state index in [0.717, 1.165) is 40.9 Å². The first-order valence-corrected chi connectivity index (χ1v) is 10.2. The molecule has 0 fully saturated rings. The number of rotatable bonds is 3. The van der Waals surface area contributed by atoms with Gasteiger partial charge in [0, 0.05) is 23.2 Å². The fourth-order valence-corrected chi connectivity index (χ4v) is 5.09. The Morgan fingerprint density at radius 3 is 2.71 bits per heavy atom. The van der Waals surface area contributed by atoms with Gasteiger partial charge >= 0.3 is 0 Å². The Labute approximate surface area is 167 Å². The van der Waals surface area contributed by atoms with Gasteiger partial charge in [0.1, 0.15) is 0 Å². The Balaban J connectivity index is 2.02. The van der Waals surface area contributed by atoms with Crippen LogP contribution in [0.25, 0.3) is 0 Å². The molecule has 28 heavy (non-hydrogen) atoms. The average Bonchev–Trinajstić information content (AvgIpc) is 3.00. The number of hydrogen-bond acceptors (Lipinski definition) is 4. The lowest BCUT2D eigenvalue weighted by Crippen LogP contribution is -2.58. The molecule has 0 saturated heterocycles. The van der Waals surface area contributed by atoms with Gasteiger partial charge in [-0.3, -0.25) is 4.79 Å². The first-order chi connectivity index (χ1) is 13.2. The van der Waals surface area contributed by atoms with Gasteiger partial charge in [-0.05, 0) is 44.2 Å². The van der Waals surface area contributed by atoms with Gasteiger partial charge in [0.2, 0.25) is 0 Å². The van der Waals surface area contributed by atoms with Crippen LogP contribution in [0.4, 0.5) is 0 Å². The van der Waals surface area contributed by atoms with Crippen molar-refractivity contribution in [3.8, 4) is 0 Å². The fraction of sp³-hybridized carbons (Fsp3) is 0.522. The van der Waals surface area contributed by atoms with Crippen molar-refractivity contribution in [2.45, 2.75) is 77.4 Å². The smallest absolute Gasteiger partial charge is 0.250 e. The summed E-state index contributed by atoms with van der Waals surface area (Å²) in [6.45, 7) is 12.7. The highest BCUT2D eigenvalue weighted by Crippen LogP contribution is 2.52. The summed E-state index contributed by atoms with van der Waals surface area (Å²) in [5.74, 6) is 0.438. The number of nitrogens with one attached hydrogen (secondary N) is 2. The minimum Gasteiger partial charge on any atom is -0.362 e. The number of amides is 1. The maximum atomic E-state index is 13.4. The Hall–Kier alpha value is -2.43. The second kappa shape index (κ2) is 6.29. The summed E-state index contributed by atoms with van der Waals surface area (Å²) >= 11 is 0. The van der Waals surface area contributed by atoms with Crippen molar-refractivity contribution in [1.82, 2.24) is 10.6 Å². The Kier molecular flexibility index (Phi) is 4.25. The van der Waals surface area contributed by atoms with E-state index in [-0.39, 0.29) is 17.6 Å². The van der Waals surface area contributed by atoms with Gasteiger partial charge in [0.05, 0.1) is 16.7 Å². The van der Waals surface area contributed by atoms with E-state index in [1.54, 1.807) is 0 Å². The van der Waals surface area contributed by atoms with Crippen LogP contribution in [-0.2, 0) is 10.2 Å². The maximum absolute atomic E-state index is 13.4. The number of benzene rings is 1. The average molecular weight is 379 g/mol. The third-order valence-electron chi connectivity index (χ3n) is 6.36. The van der Waals surface area contributed by atoms with E-state index in [2.05, 4.69) is 79.7 Å². The lowest BCUT2D eigenvalue weighted by Gasteiger charge is -2.48. The standard InChI is InChI=1S/C23H30N4O/c1-7-23(16-10-8-9-15(11-16)13(2)3)18-14(4)26-27-20(18)24-17-12-22(5,6)25-21(28)19(17)23/h8-11,13,20,24H,7,12H2,1-6H3,(H,25,28)/t20?,23-/m0/s1. The molecule has 0 aromatic heterocycles. The highest BCUT2D eigenvalue weighted by Gasteiger charge is 2.54. The highest BCUT2D eigenvalue weighted by atomic mass is 16.2. The molecular formula is C23H30N4O. The van der Waals surface area contributed by atoms with Crippen LogP contribution in [-0.4, -0.2) is 17.6 Å². The molecule has 3 aliphatic heterocycles. The first-order valence-electron chi connectivity index (χ1n) is 10.2. The number of allylic oxidation sites excluding steroid dienone is 1. The van der Waals surface area contributed by atoms with Gasteiger partial charge in [-0.2, -0.15) is 10.2 Å². The van der Waals surface area contributed by atoms with Crippen molar-refractivity contribution >= 4 is 5.91 Å². The summed E-state index contributed by atoms with van der Waals surface area (Å²) in [6.07, 6.45) is 1.36. The van der Waals surface area contributed by atoms with Gasteiger partial charge in [-0.1, -0.05) is 45.0 Å². The van der Waals surface area contributed by atoms with Crippen molar-refractivity contribution in [2.75, 3.05) is 0 Å². The maximum Gasteiger partial charge on any atom is 0.250 e. The summed E-state index contributed by atoms with van der Waals surface area (Å²) in [5, 5.41) is 15.7.